The van der Waals surface area contributed by atoms with E-state index in [1.807, 2.05) is 4.90 Å². The van der Waals surface area contributed by atoms with Crippen LogP contribution in [0.5, 0.6) is 17.2 Å². The first-order chi connectivity index (χ1) is 17.1. The first kappa shape index (κ1) is 25.6. The summed E-state index contributed by atoms with van der Waals surface area (Å²) in [5.74, 6) is -3.03. The molecule has 1 saturated heterocycles. The van der Waals surface area contributed by atoms with Crippen molar-refractivity contribution in [2.75, 3.05) is 19.7 Å². The minimum Gasteiger partial charge on any atom is -0.507 e. The predicted molar refractivity (Wildman–Crippen MR) is 125 cm³/mol. The van der Waals surface area contributed by atoms with Gasteiger partial charge in [-0.25, -0.2) is 4.79 Å². The van der Waals surface area contributed by atoms with Crippen molar-refractivity contribution in [1.82, 2.24) is 4.90 Å². The second kappa shape index (κ2) is 10.2. The Balaban J connectivity index is 1.76. The summed E-state index contributed by atoms with van der Waals surface area (Å²) in [6, 6.07) is 7.64. The number of alkyl halides is 3. The van der Waals surface area contributed by atoms with Gasteiger partial charge >= 0.3 is 12.1 Å². The molecule has 1 fully saturated rings. The summed E-state index contributed by atoms with van der Waals surface area (Å²) >= 11 is 0. The number of likely N-dealkylation sites (tertiary alicyclic amines) is 1. The number of aromatic hydroxyl groups is 1. The molecule has 2 aromatic carbocycles. The van der Waals surface area contributed by atoms with Crippen LogP contribution in [0.1, 0.15) is 48.4 Å². The fraction of sp³-hybridized carbons (Fsp3) is 0.385. The molecule has 1 N–H and O–H groups in total. The standard InChI is InChI=1S/C26H26F3NO6/c1-3-34-25(33)16-4-6-17(7-5-16)35-23-21(32)18-8-9-20(31)19(14-30-12-10-15(2)11-13-30)22(18)36-24(23)26(27,28)29/h4-9,15,31H,3,10-14H2,1-2H3. The lowest BCUT2D eigenvalue weighted by atomic mass is 9.98. The van der Waals surface area contributed by atoms with Crippen LogP contribution in [0.3, 0.4) is 0 Å². The fourth-order valence-corrected chi connectivity index (χ4v) is 4.15. The highest BCUT2D eigenvalue weighted by Crippen LogP contribution is 2.40. The molecule has 10 heteroatoms. The summed E-state index contributed by atoms with van der Waals surface area (Å²) in [4.78, 5) is 27.0. The zero-order valence-electron chi connectivity index (χ0n) is 19.9. The van der Waals surface area contributed by atoms with Gasteiger partial charge in [0, 0.05) is 6.54 Å². The Labute approximate surface area is 205 Å². The van der Waals surface area contributed by atoms with Gasteiger partial charge in [-0.3, -0.25) is 9.69 Å². The second-order valence-electron chi connectivity index (χ2n) is 8.83. The molecule has 0 unspecified atom stereocenters. The molecule has 1 aliphatic heterocycles. The van der Waals surface area contributed by atoms with Crippen LogP contribution in [-0.4, -0.2) is 35.7 Å². The Bertz CT molecular complexity index is 1310. The third-order valence-electron chi connectivity index (χ3n) is 6.20. The van der Waals surface area contributed by atoms with Crippen molar-refractivity contribution in [2.24, 2.45) is 5.92 Å². The van der Waals surface area contributed by atoms with E-state index in [4.69, 9.17) is 13.9 Å². The highest BCUT2D eigenvalue weighted by Gasteiger charge is 2.41. The summed E-state index contributed by atoms with van der Waals surface area (Å²) in [7, 11) is 0. The van der Waals surface area contributed by atoms with Crippen molar-refractivity contribution < 1.29 is 37.0 Å². The fourth-order valence-electron chi connectivity index (χ4n) is 4.15. The van der Waals surface area contributed by atoms with Crippen LogP contribution in [0, 0.1) is 5.92 Å². The summed E-state index contributed by atoms with van der Waals surface area (Å²) in [6.45, 7) is 5.52. The van der Waals surface area contributed by atoms with Gasteiger partial charge in [0.25, 0.3) is 5.76 Å². The lowest BCUT2D eigenvalue weighted by Gasteiger charge is -2.30. The molecule has 0 spiro atoms. The number of phenols is 1. The van der Waals surface area contributed by atoms with Crippen molar-refractivity contribution >= 4 is 16.9 Å². The Morgan fingerprint density at radius 2 is 1.81 bits per heavy atom. The molecule has 0 atom stereocenters. The van der Waals surface area contributed by atoms with Gasteiger partial charge in [0.1, 0.15) is 17.1 Å². The third kappa shape index (κ3) is 5.33. The van der Waals surface area contributed by atoms with Crippen molar-refractivity contribution in [2.45, 2.75) is 39.4 Å². The summed E-state index contributed by atoms with van der Waals surface area (Å²) < 4.78 is 57.5. The van der Waals surface area contributed by atoms with Crippen molar-refractivity contribution in [1.29, 1.82) is 0 Å². The predicted octanol–water partition coefficient (Wildman–Crippen LogP) is 5.72. The molecule has 0 aliphatic carbocycles. The maximum absolute atomic E-state index is 14.0. The van der Waals surface area contributed by atoms with E-state index >= 15 is 0 Å². The minimum absolute atomic E-state index is 0.0957. The number of piperidine rings is 1. The number of ether oxygens (including phenoxy) is 2. The van der Waals surface area contributed by atoms with E-state index in [1.165, 1.54) is 36.4 Å². The molecule has 192 valence electrons. The van der Waals surface area contributed by atoms with E-state index in [9.17, 15) is 27.9 Å². The van der Waals surface area contributed by atoms with Gasteiger partial charge in [-0.05, 0) is 75.2 Å². The van der Waals surface area contributed by atoms with E-state index < -0.39 is 29.1 Å². The first-order valence-corrected chi connectivity index (χ1v) is 11.6. The molecule has 0 amide bonds. The van der Waals surface area contributed by atoms with Crippen molar-refractivity contribution in [3.05, 3.63) is 63.5 Å². The van der Waals surface area contributed by atoms with Gasteiger partial charge in [-0.2, -0.15) is 13.2 Å². The highest BCUT2D eigenvalue weighted by atomic mass is 19.4. The molecule has 36 heavy (non-hydrogen) atoms. The van der Waals surface area contributed by atoms with Gasteiger partial charge in [0.05, 0.1) is 23.1 Å². The lowest BCUT2D eigenvalue weighted by molar-refractivity contribution is -0.154. The first-order valence-electron chi connectivity index (χ1n) is 11.6. The Kier molecular flexibility index (Phi) is 7.26. The van der Waals surface area contributed by atoms with Crippen LogP contribution in [0.15, 0.2) is 45.6 Å². The second-order valence-corrected chi connectivity index (χ2v) is 8.83. The van der Waals surface area contributed by atoms with Crippen LogP contribution >= 0.6 is 0 Å². The molecule has 3 aromatic rings. The number of fused-ring (bicyclic) bond motifs is 1. The van der Waals surface area contributed by atoms with Crippen LogP contribution in [-0.2, 0) is 17.5 Å². The summed E-state index contributed by atoms with van der Waals surface area (Å²) in [6.07, 6.45) is -3.19. The molecular formula is C26H26F3NO6. The smallest absolute Gasteiger partial charge is 0.453 e. The number of nitrogens with zero attached hydrogens (tertiary/aromatic N) is 1. The molecule has 7 nitrogen and oxygen atoms in total. The van der Waals surface area contributed by atoms with E-state index in [0.717, 1.165) is 25.9 Å². The molecule has 4 rings (SSSR count). The van der Waals surface area contributed by atoms with Gasteiger partial charge in [0.15, 0.2) is 0 Å². The minimum atomic E-state index is -5.04. The number of phenolic OH excluding ortho intramolecular Hbond substituents is 1. The molecule has 1 aromatic heterocycles. The maximum Gasteiger partial charge on any atom is 0.453 e. The number of esters is 1. The zero-order valence-corrected chi connectivity index (χ0v) is 19.9. The van der Waals surface area contributed by atoms with Crippen molar-refractivity contribution in [3.63, 3.8) is 0 Å². The molecule has 0 bridgehead atoms. The molecule has 0 saturated carbocycles. The Morgan fingerprint density at radius 3 is 2.42 bits per heavy atom. The number of carbonyl (C=O) groups is 1. The largest absolute Gasteiger partial charge is 0.507 e. The quantitative estimate of drug-likeness (QED) is 0.429. The summed E-state index contributed by atoms with van der Waals surface area (Å²) in [5.41, 5.74) is -1.05. The number of benzene rings is 2. The molecule has 0 radical (unpaired) electrons. The number of halogens is 3. The zero-order chi connectivity index (χ0) is 26.0. The average molecular weight is 505 g/mol. The SMILES string of the molecule is CCOC(=O)c1ccc(Oc2c(C(F)(F)F)oc3c(CN4CCC(C)CC4)c(O)ccc3c2=O)cc1. The van der Waals surface area contributed by atoms with E-state index in [2.05, 4.69) is 6.92 Å². The summed E-state index contributed by atoms with van der Waals surface area (Å²) in [5, 5.41) is 10.3. The van der Waals surface area contributed by atoms with Crippen LogP contribution in [0.2, 0.25) is 0 Å². The van der Waals surface area contributed by atoms with E-state index in [0.29, 0.717) is 5.92 Å². The third-order valence-corrected chi connectivity index (χ3v) is 6.20. The number of hydrogen-bond donors (Lipinski definition) is 1. The monoisotopic (exact) mass is 505 g/mol. The van der Waals surface area contributed by atoms with Crippen molar-refractivity contribution in [3.8, 4) is 17.2 Å². The van der Waals surface area contributed by atoms with E-state index in [-0.39, 0.29) is 46.7 Å². The van der Waals surface area contributed by atoms with Gasteiger partial charge in [-0.1, -0.05) is 6.92 Å². The van der Waals surface area contributed by atoms with Crippen LogP contribution in [0.25, 0.3) is 11.0 Å². The van der Waals surface area contributed by atoms with Gasteiger partial charge in [-0.15, -0.1) is 0 Å². The van der Waals surface area contributed by atoms with Crippen LogP contribution in [0.4, 0.5) is 13.2 Å². The van der Waals surface area contributed by atoms with Crippen LogP contribution < -0.4 is 10.2 Å². The Hall–Kier alpha value is -3.53. The molecule has 2 heterocycles. The van der Waals surface area contributed by atoms with Gasteiger partial charge in [0.2, 0.25) is 11.2 Å². The molecular weight excluding hydrogens is 479 g/mol. The Morgan fingerprint density at radius 1 is 1.14 bits per heavy atom. The highest BCUT2D eigenvalue weighted by molar-refractivity contribution is 5.89. The average Bonchev–Trinajstić information content (AvgIpc) is 2.83. The van der Waals surface area contributed by atoms with Gasteiger partial charge < -0.3 is 19.0 Å². The number of hydrogen-bond acceptors (Lipinski definition) is 7. The lowest BCUT2D eigenvalue weighted by Crippen LogP contribution is -2.32. The topological polar surface area (TPSA) is 89.2 Å². The molecule has 1 aliphatic rings. The number of carbonyl (C=O) groups excluding carboxylic acids is 1. The maximum atomic E-state index is 14.0. The number of rotatable bonds is 6. The van der Waals surface area contributed by atoms with E-state index in [1.54, 1.807) is 6.92 Å². The normalized spacial score (nSPS) is 15.2.